The maximum Gasteiger partial charge on any atom is 0.271 e. The highest BCUT2D eigenvalue weighted by Gasteiger charge is 2.08. The number of methoxy groups -OCH3 is 1. The lowest BCUT2D eigenvalue weighted by atomic mass is 10.1. The van der Waals surface area contributed by atoms with E-state index in [1.54, 1.807) is 13.3 Å². The van der Waals surface area contributed by atoms with Crippen molar-refractivity contribution in [1.29, 1.82) is 0 Å². The van der Waals surface area contributed by atoms with Gasteiger partial charge in [0.2, 0.25) is 0 Å². The number of rotatable bonds is 9. The molecule has 0 aliphatic heterocycles. The lowest BCUT2D eigenvalue weighted by molar-refractivity contribution is 0.0948. The van der Waals surface area contributed by atoms with Crippen LogP contribution < -0.4 is 15.4 Å². The number of hydrogen-bond acceptors (Lipinski definition) is 5. The summed E-state index contributed by atoms with van der Waals surface area (Å²) >= 11 is 0. The van der Waals surface area contributed by atoms with Crippen molar-refractivity contribution in [2.24, 2.45) is 0 Å². The minimum Gasteiger partial charge on any atom is -0.496 e. The molecule has 0 fully saturated rings. The summed E-state index contributed by atoms with van der Waals surface area (Å²) in [5.41, 5.74) is 1.37. The van der Waals surface area contributed by atoms with Crippen molar-refractivity contribution >= 4 is 11.7 Å². The molecule has 0 saturated carbocycles. The normalized spacial score (nSPS) is 10.2. The van der Waals surface area contributed by atoms with Gasteiger partial charge in [0, 0.05) is 13.1 Å². The number of nitrogens with one attached hydrogen (secondary N) is 2. The van der Waals surface area contributed by atoms with Crippen LogP contribution in [0.2, 0.25) is 0 Å². The molecule has 0 radical (unpaired) electrons. The zero-order chi connectivity index (χ0) is 17.2. The Morgan fingerprint density at radius 3 is 2.71 bits per heavy atom. The van der Waals surface area contributed by atoms with Gasteiger partial charge in [-0.3, -0.25) is 4.79 Å². The number of benzene rings is 1. The third-order valence-electron chi connectivity index (χ3n) is 3.59. The maximum atomic E-state index is 12.1. The second-order valence-corrected chi connectivity index (χ2v) is 5.38. The molecule has 2 rings (SSSR count). The summed E-state index contributed by atoms with van der Waals surface area (Å²) in [7, 11) is 1.64. The van der Waals surface area contributed by atoms with E-state index in [0.29, 0.717) is 24.5 Å². The molecule has 1 aromatic carbocycles. The van der Waals surface area contributed by atoms with Gasteiger partial charge < -0.3 is 15.4 Å². The van der Waals surface area contributed by atoms with Crippen LogP contribution in [0.3, 0.4) is 0 Å². The second-order valence-electron chi connectivity index (χ2n) is 5.38. The molecule has 0 aliphatic rings. The smallest absolute Gasteiger partial charge is 0.271 e. The summed E-state index contributed by atoms with van der Waals surface area (Å²) in [5, 5.41) is 6.02. The Bertz CT molecular complexity index is 644. The molecule has 0 saturated heterocycles. The van der Waals surface area contributed by atoms with Crippen LogP contribution in [0.25, 0.3) is 0 Å². The molecule has 1 amide bonds. The van der Waals surface area contributed by atoms with E-state index in [4.69, 9.17) is 4.74 Å². The highest BCUT2D eigenvalue weighted by atomic mass is 16.5. The summed E-state index contributed by atoms with van der Waals surface area (Å²) in [5.74, 6) is 1.29. The summed E-state index contributed by atoms with van der Waals surface area (Å²) < 4.78 is 5.30. The van der Waals surface area contributed by atoms with Crippen molar-refractivity contribution in [2.45, 2.75) is 26.2 Å². The average Bonchev–Trinajstić information content (AvgIpc) is 2.63. The quantitative estimate of drug-likeness (QED) is 0.692. The van der Waals surface area contributed by atoms with Gasteiger partial charge in [-0.05, 0) is 24.5 Å². The van der Waals surface area contributed by atoms with Crippen molar-refractivity contribution in [3.05, 3.63) is 47.9 Å². The number of nitrogens with zero attached hydrogens (tertiary/aromatic N) is 2. The Hall–Kier alpha value is -2.63. The van der Waals surface area contributed by atoms with Gasteiger partial charge in [0.15, 0.2) is 0 Å². The van der Waals surface area contributed by atoms with Crippen LogP contribution in [-0.2, 0) is 6.42 Å². The van der Waals surface area contributed by atoms with E-state index >= 15 is 0 Å². The fourth-order valence-corrected chi connectivity index (χ4v) is 2.24. The fourth-order valence-electron chi connectivity index (χ4n) is 2.24. The molecule has 0 aliphatic carbocycles. The van der Waals surface area contributed by atoms with Gasteiger partial charge in [-0.1, -0.05) is 31.5 Å². The highest BCUT2D eigenvalue weighted by molar-refractivity contribution is 5.92. The first-order valence-corrected chi connectivity index (χ1v) is 8.20. The van der Waals surface area contributed by atoms with E-state index < -0.39 is 0 Å². The van der Waals surface area contributed by atoms with Crippen molar-refractivity contribution in [2.75, 3.05) is 25.5 Å². The van der Waals surface area contributed by atoms with Crippen LogP contribution in [0.4, 0.5) is 5.82 Å². The molecule has 1 heterocycles. The maximum absolute atomic E-state index is 12.1. The predicted molar refractivity (Wildman–Crippen MR) is 94.5 cm³/mol. The Morgan fingerprint density at radius 2 is 2.00 bits per heavy atom. The summed E-state index contributed by atoms with van der Waals surface area (Å²) in [6.45, 7) is 3.50. The molecule has 0 atom stereocenters. The zero-order valence-electron chi connectivity index (χ0n) is 14.2. The van der Waals surface area contributed by atoms with Gasteiger partial charge in [-0.25, -0.2) is 9.97 Å². The largest absolute Gasteiger partial charge is 0.496 e. The lowest BCUT2D eigenvalue weighted by Crippen LogP contribution is -2.26. The minimum absolute atomic E-state index is 0.225. The first kappa shape index (κ1) is 17.7. The van der Waals surface area contributed by atoms with E-state index in [1.165, 1.54) is 6.20 Å². The number of carbonyl (C=O) groups excluding carboxylic acids is 1. The van der Waals surface area contributed by atoms with Crippen molar-refractivity contribution in [1.82, 2.24) is 15.3 Å². The SMILES string of the molecule is CCCCNc1cnc(C(=O)NCCc2ccccc2OC)cn1. The van der Waals surface area contributed by atoms with Gasteiger partial charge in [-0.15, -0.1) is 0 Å². The molecule has 0 unspecified atom stereocenters. The molecule has 6 heteroatoms. The topological polar surface area (TPSA) is 76.1 Å². The van der Waals surface area contributed by atoms with Crippen LogP contribution in [0.1, 0.15) is 35.8 Å². The number of unbranched alkanes of at least 4 members (excludes halogenated alkanes) is 1. The molecule has 0 bridgehead atoms. The Labute approximate surface area is 142 Å². The number of para-hydroxylation sites is 1. The molecule has 24 heavy (non-hydrogen) atoms. The Morgan fingerprint density at radius 1 is 1.17 bits per heavy atom. The number of ether oxygens (including phenoxy) is 1. The molecule has 128 valence electrons. The van der Waals surface area contributed by atoms with E-state index in [1.807, 2.05) is 24.3 Å². The fraction of sp³-hybridized carbons (Fsp3) is 0.389. The lowest BCUT2D eigenvalue weighted by Gasteiger charge is -2.09. The van der Waals surface area contributed by atoms with E-state index in [-0.39, 0.29) is 5.91 Å². The van der Waals surface area contributed by atoms with Crippen LogP contribution in [-0.4, -0.2) is 36.1 Å². The number of aromatic nitrogens is 2. The van der Waals surface area contributed by atoms with Crippen LogP contribution in [0, 0.1) is 0 Å². The molecule has 2 aromatic rings. The van der Waals surface area contributed by atoms with Crippen molar-refractivity contribution in [3.8, 4) is 5.75 Å². The van der Waals surface area contributed by atoms with Crippen molar-refractivity contribution < 1.29 is 9.53 Å². The molecule has 1 aromatic heterocycles. The number of hydrogen-bond donors (Lipinski definition) is 2. The van der Waals surface area contributed by atoms with Gasteiger partial charge in [0.05, 0.1) is 19.5 Å². The van der Waals surface area contributed by atoms with E-state index in [9.17, 15) is 4.79 Å². The molecule has 0 spiro atoms. The molecular formula is C18H24N4O2. The molecule has 6 nitrogen and oxygen atoms in total. The Kier molecular flexibility index (Phi) is 7.01. The third kappa shape index (κ3) is 5.22. The van der Waals surface area contributed by atoms with E-state index in [0.717, 1.165) is 30.7 Å². The summed E-state index contributed by atoms with van der Waals surface area (Å²) in [6, 6.07) is 7.77. The molecular weight excluding hydrogens is 304 g/mol. The predicted octanol–water partition coefficient (Wildman–Crippen LogP) is 2.67. The zero-order valence-corrected chi connectivity index (χ0v) is 14.2. The number of amides is 1. The second kappa shape index (κ2) is 9.50. The van der Waals surface area contributed by atoms with Gasteiger partial charge in [0.1, 0.15) is 17.3 Å². The summed E-state index contributed by atoms with van der Waals surface area (Å²) in [4.78, 5) is 20.5. The minimum atomic E-state index is -0.225. The third-order valence-corrected chi connectivity index (χ3v) is 3.59. The Balaban J connectivity index is 1.82. The van der Waals surface area contributed by atoms with Gasteiger partial charge in [-0.2, -0.15) is 0 Å². The standard InChI is InChI=1S/C18H24N4O2/c1-3-4-10-19-17-13-21-15(12-22-17)18(23)20-11-9-14-7-5-6-8-16(14)24-2/h5-8,12-13H,3-4,9-11H2,1-2H3,(H,19,22)(H,20,23). The first-order valence-electron chi connectivity index (χ1n) is 8.20. The highest BCUT2D eigenvalue weighted by Crippen LogP contribution is 2.17. The van der Waals surface area contributed by atoms with Crippen LogP contribution in [0.5, 0.6) is 5.75 Å². The van der Waals surface area contributed by atoms with Crippen molar-refractivity contribution in [3.63, 3.8) is 0 Å². The first-order chi connectivity index (χ1) is 11.7. The monoisotopic (exact) mass is 328 g/mol. The molecule has 2 N–H and O–H groups in total. The van der Waals surface area contributed by atoms with Gasteiger partial charge in [0.25, 0.3) is 5.91 Å². The van der Waals surface area contributed by atoms with Gasteiger partial charge >= 0.3 is 0 Å². The summed E-state index contributed by atoms with van der Waals surface area (Å²) in [6.07, 6.45) is 5.97. The van der Waals surface area contributed by atoms with Crippen LogP contribution >= 0.6 is 0 Å². The average molecular weight is 328 g/mol. The van der Waals surface area contributed by atoms with Crippen LogP contribution in [0.15, 0.2) is 36.7 Å². The number of carbonyl (C=O) groups is 1. The van der Waals surface area contributed by atoms with E-state index in [2.05, 4.69) is 27.5 Å². The number of anilines is 1.